The molecule has 2 rings (SSSR count). The summed E-state index contributed by atoms with van der Waals surface area (Å²) >= 11 is 0. The zero-order chi connectivity index (χ0) is 14.0. The highest BCUT2D eigenvalue weighted by Gasteiger charge is 2.41. The predicted octanol–water partition coefficient (Wildman–Crippen LogP) is 0.835. The van der Waals surface area contributed by atoms with Crippen LogP contribution in [-0.4, -0.2) is 22.9 Å². The van der Waals surface area contributed by atoms with E-state index in [0.717, 1.165) is 0 Å². The molecular weight excluding hydrogens is 248 g/mol. The summed E-state index contributed by atoms with van der Waals surface area (Å²) in [4.78, 5) is 33.8. The minimum absolute atomic E-state index is 0.293. The van der Waals surface area contributed by atoms with E-state index in [4.69, 9.17) is 10.8 Å². The molecule has 1 aliphatic carbocycles. The second-order valence-corrected chi connectivity index (χ2v) is 4.56. The molecule has 6 heteroatoms. The number of amides is 2. The fourth-order valence-corrected chi connectivity index (χ4v) is 2.09. The number of rotatable bonds is 4. The third-order valence-electron chi connectivity index (χ3n) is 3.34. The lowest BCUT2D eigenvalue weighted by molar-refractivity contribution is -0.151. The lowest BCUT2D eigenvalue weighted by Crippen LogP contribution is -2.41. The molecule has 2 atom stereocenters. The van der Waals surface area contributed by atoms with Gasteiger partial charge in [-0.05, 0) is 31.0 Å². The van der Waals surface area contributed by atoms with Gasteiger partial charge in [0.1, 0.15) is 0 Å². The fourth-order valence-electron chi connectivity index (χ4n) is 2.09. The zero-order valence-corrected chi connectivity index (χ0v) is 10.1. The number of hydrogen-bond donors (Lipinski definition) is 3. The van der Waals surface area contributed by atoms with Crippen molar-refractivity contribution in [2.24, 2.45) is 17.6 Å². The topological polar surface area (TPSA) is 109 Å². The van der Waals surface area contributed by atoms with Crippen LogP contribution in [0.3, 0.4) is 0 Å². The van der Waals surface area contributed by atoms with Crippen LogP contribution in [0.25, 0.3) is 0 Å². The summed E-state index contributed by atoms with van der Waals surface area (Å²) in [7, 11) is 0. The van der Waals surface area contributed by atoms with Crippen molar-refractivity contribution in [1.29, 1.82) is 0 Å². The Morgan fingerprint density at radius 1 is 1.21 bits per heavy atom. The van der Waals surface area contributed by atoms with Gasteiger partial charge in [0, 0.05) is 11.3 Å². The maximum absolute atomic E-state index is 11.9. The van der Waals surface area contributed by atoms with E-state index in [1.165, 1.54) is 6.07 Å². The maximum Gasteiger partial charge on any atom is 0.307 e. The average Bonchev–Trinajstić information content (AvgIpc) is 2.26. The number of nitrogens with two attached hydrogens (primary N) is 1. The number of nitrogens with one attached hydrogen (secondary N) is 1. The van der Waals surface area contributed by atoms with Gasteiger partial charge >= 0.3 is 5.97 Å². The van der Waals surface area contributed by atoms with Crippen LogP contribution in [-0.2, 0) is 9.59 Å². The van der Waals surface area contributed by atoms with Crippen molar-refractivity contribution in [3.05, 3.63) is 29.8 Å². The van der Waals surface area contributed by atoms with E-state index < -0.39 is 23.7 Å². The van der Waals surface area contributed by atoms with Crippen LogP contribution in [0.2, 0.25) is 0 Å². The molecular formula is C13H14N2O4. The summed E-state index contributed by atoms with van der Waals surface area (Å²) in [5.41, 5.74) is 5.88. The van der Waals surface area contributed by atoms with E-state index >= 15 is 0 Å². The first-order valence-corrected chi connectivity index (χ1v) is 5.92. The number of aliphatic carboxylic acids is 1. The van der Waals surface area contributed by atoms with Crippen molar-refractivity contribution in [2.45, 2.75) is 12.8 Å². The molecule has 2 unspecified atom stereocenters. The van der Waals surface area contributed by atoms with Gasteiger partial charge in [0.05, 0.1) is 11.8 Å². The molecule has 1 aromatic rings. The highest BCUT2D eigenvalue weighted by atomic mass is 16.4. The van der Waals surface area contributed by atoms with Gasteiger partial charge in [0.15, 0.2) is 0 Å². The second-order valence-electron chi connectivity index (χ2n) is 4.56. The number of benzene rings is 1. The smallest absolute Gasteiger partial charge is 0.307 e. The third kappa shape index (κ3) is 2.73. The number of carboxylic acid groups (broad SMARTS) is 1. The number of carbonyl (C=O) groups is 3. The van der Waals surface area contributed by atoms with Gasteiger partial charge in [-0.3, -0.25) is 14.4 Å². The Labute approximate surface area is 109 Å². The molecule has 1 aliphatic rings. The molecule has 6 nitrogen and oxygen atoms in total. The third-order valence-corrected chi connectivity index (χ3v) is 3.34. The fraction of sp³-hybridized carbons (Fsp3) is 0.308. The van der Waals surface area contributed by atoms with E-state index in [2.05, 4.69) is 5.32 Å². The van der Waals surface area contributed by atoms with Gasteiger partial charge in [-0.1, -0.05) is 6.07 Å². The first-order valence-electron chi connectivity index (χ1n) is 5.92. The van der Waals surface area contributed by atoms with Crippen LogP contribution in [0.5, 0.6) is 0 Å². The molecule has 4 N–H and O–H groups in total. The Morgan fingerprint density at radius 2 is 1.89 bits per heavy atom. The quantitative estimate of drug-likeness (QED) is 0.746. The Bertz CT molecular complexity index is 541. The van der Waals surface area contributed by atoms with Gasteiger partial charge in [-0.2, -0.15) is 0 Å². The van der Waals surface area contributed by atoms with Crippen molar-refractivity contribution in [1.82, 2.24) is 0 Å². The zero-order valence-electron chi connectivity index (χ0n) is 10.1. The van der Waals surface area contributed by atoms with E-state index in [0.29, 0.717) is 24.1 Å². The Balaban J connectivity index is 2.05. The first kappa shape index (κ1) is 13.1. The summed E-state index contributed by atoms with van der Waals surface area (Å²) in [5, 5.41) is 11.5. The minimum Gasteiger partial charge on any atom is -0.481 e. The molecule has 0 saturated heterocycles. The van der Waals surface area contributed by atoms with Crippen molar-refractivity contribution < 1.29 is 19.5 Å². The van der Waals surface area contributed by atoms with Crippen LogP contribution in [0.1, 0.15) is 23.2 Å². The molecule has 0 spiro atoms. The minimum atomic E-state index is -0.947. The summed E-state index contributed by atoms with van der Waals surface area (Å²) < 4.78 is 0. The number of anilines is 1. The molecule has 0 radical (unpaired) electrons. The number of hydrogen-bond acceptors (Lipinski definition) is 3. The Hall–Kier alpha value is -2.37. The van der Waals surface area contributed by atoms with Gasteiger partial charge in [-0.25, -0.2) is 0 Å². The summed E-state index contributed by atoms with van der Waals surface area (Å²) in [6.45, 7) is 0. The molecule has 100 valence electrons. The summed E-state index contributed by atoms with van der Waals surface area (Å²) in [6, 6.07) is 6.24. The average molecular weight is 262 g/mol. The normalized spacial score (nSPS) is 21.3. The summed E-state index contributed by atoms with van der Waals surface area (Å²) in [5.74, 6) is -2.98. The summed E-state index contributed by atoms with van der Waals surface area (Å²) in [6.07, 6.45) is 1.09. The largest absolute Gasteiger partial charge is 0.481 e. The number of carbonyl (C=O) groups excluding carboxylic acids is 2. The number of primary amides is 1. The Morgan fingerprint density at radius 3 is 2.42 bits per heavy atom. The van der Waals surface area contributed by atoms with Crippen molar-refractivity contribution >= 4 is 23.5 Å². The lowest BCUT2D eigenvalue weighted by atomic mass is 9.73. The highest BCUT2D eigenvalue weighted by Crippen LogP contribution is 2.35. The first-order chi connectivity index (χ1) is 8.99. The molecule has 1 fully saturated rings. The SMILES string of the molecule is NC(=O)c1cccc(NC(=O)C2CCC2C(=O)O)c1. The van der Waals surface area contributed by atoms with Crippen LogP contribution in [0.4, 0.5) is 5.69 Å². The van der Waals surface area contributed by atoms with Gasteiger partial charge in [0.25, 0.3) is 0 Å². The molecule has 0 heterocycles. The van der Waals surface area contributed by atoms with E-state index in [9.17, 15) is 14.4 Å². The molecule has 2 amide bonds. The van der Waals surface area contributed by atoms with Crippen LogP contribution < -0.4 is 11.1 Å². The molecule has 19 heavy (non-hydrogen) atoms. The van der Waals surface area contributed by atoms with E-state index in [1.54, 1.807) is 18.2 Å². The second kappa shape index (κ2) is 5.09. The molecule has 0 aliphatic heterocycles. The molecule has 1 saturated carbocycles. The Kier molecular flexibility index (Phi) is 3.50. The van der Waals surface area contributed by atoms with E-state index in [-0.39, 0.29) is 5.91 Å². The van der Waals surface area contributed by atoms with E-state index in [1.807, 2.05) is 0 Å². The van der Waals surface area contributed by atoms with Gasteiger partial charge in [-0.15, -0.1) is 0 Å². The van der Waals surface area contributed by atoms with Crippen LogP contribution in [0.15, 0.2) is 24.3 Å². The monoisotopic (exact) mass is 262 g/mol. The van der Waals surface area contributed by atoms with Gasteiger partial charge < -0.3 is 16.2 Å². The predicted molar refractivity (Wildman–Crippen MR) is 67.4 cm³/mol. The number of carboxylic acids is 1. The van der Waals surface area contributed by atoms with Crippen molar-refractivity contribution in [3.63, 3.8) is 0 Å². The molecule has 0 bridgehead atoms. The highest BCUT2D eigenvalue weighted by molar-refractivity contribution is 5.98. The molecule has 1 aromatic carbocycles. The maximum atomic E-state index is 11.9. The molecule has 0 aromatic heterocycles. The van der Waals surface area contributed by atoms with Crippen molar-refractivity contribution in [2.75, 3.05) is 5.32 Å². The van der Waals surface area contributed by atoms with Gasteiger partial charge in [0.2, 0.25) is 11.8 Å². The van der Waals surface area contributed by atoms with Crippen LogP contribution in [0, 0.1) is 11.8 Å². The van der Waals surface area contributed by atoms with Crippen LogP contribution >= 0.6 is 0 Å². The standard InChI is InChI=1S/C13H14N2O4/c14-11(16)7-2-1-3-8(6-7)15-12(17)9-4-5-10(9)13(18)19/h1-3,6,9-10H,4-5H2,(H2,14,16)(H,15,17)(H,18,19). The lowest BCUT2D eigenvalue weighted by Gasteiger charge is -2.31. The van der Waals surface area contributed by atoms with Crippen molar-refractivity contribution in [3.8, 4) is 0 Å².